The molecule has 6 heteroatoms. The lowest BCUT2D eigenvalue weighted by Crippen LogP contribution is -2.45. The highest BCUT2D eigenvalue weighted by molar-refractivity contribution is 6.31. The third kappa shape index (κ3) is 4.17. The van der Waals surface area contributed by atoms with Crippen LogP contribution in [0, 0.1) is 0 Å². The summed E-state index contributed by atoms with van der Waals surface area (Å²) in [6.45, 7) is 0.599. The summed E-state index contributed by atoms with van der Waals surface area (Å²) in [5, 5.41) is 15.4. The number of methoxy groups -OCH3 is 1. The fourth-order valence-electron chi connectivity index (χ4n) is 4.25. The standard InChI is InChI=1S/C23H26ClN3O2/c1-29-18-3-5-22(28)15(12-18)14-27-17-6-9-23(25,10-7-17)20-8-11-26-21-13-16(24)2-4-19(20)21/h2-5,8,11-13,17,27-28H,6-7,9-10,14,25H2,1H3. The molecule has 3 aromatic rings. The van der Waals surface area contributed by atoms with Crippen molar-refractivity contribution in [1.82, 2.24) is 10.3 Å². The highest BCUT2D eigenvalue weighted by atomic mass is 35.5. The van der Waals surface area contributed by atoms with E-state index in [0.29, 0.717) is 17.6 Å². The van der Waals surface area contributed by atoms with Crippen LogP contribution < -0.4 is 15.8 Å². The lowest BCUT2D eigenvalue weighted by Gasteiger charge is -2.38. The fourth-order valence-corrected chi connectivity index (χ4v) is 4.41. The van der Waals surface area contributed by atoms with E-state index in [2.05, 4.69) is 10.3 Å². The maximum atomic E-state index is 10.1. The van der Waals surface area contributed by atoms with Crippen LogP contribution in [-0.4, -0.2) is 23.2 Å². The number of ether oxygens (including phenoxy) is 1. The van der Waals surface area contributed by atoms with E-state index in [-0.39, 0.29) is 11.3 Å². The van der Waals surface area contributed by atoms with Crippen molar-refractivity contribution in [2.45, 2.75) is 43.8 Å². The van der Waals surface area contributed by atoms with E-state index >= 15 is 0 Å². The van der Waals surface area contributed by atoms with Crippen molar-refractivity contribution < 1.29 is 9.84 Å². The Hall–Kier alpha value is -2.34. The number of rotatable bonds is 5. The van der Waals surface area contributed by atoms with Crippen LogP contribution >= 0.6 is 11.6 Å². The van der Waals surface area contributed by atoms with Crippen LogP contribution in [0.3, 0.4) is 0 Å². The largest absolute Gasteiger partial charge is 0.508 e. The first-order valence-corrected chi connectivity index (χ1v) is 10.3. The van der Waals surface area contributed by atoms with E-state index in [1.165, 1.54) is 0 Å². The molecule has 1 aliphatic rings. The Balaban J connectivity index is 1.44. The fraction of sp³-hybridized carbons (Fsp3) is 0.348. The molecule has 5 nitrogen and oxygen atoms in total. The number of pyridine rings is 1. The van der Waals surface area contributed by atoms with Crippen molar-refractivity contribution in [2.75, 3.05) is 7.11 Å². The molecule has 152 valence electrons. The number of phenolic OH excluding ortho intramolecular Hbond substituents is 1. The summed E-state index contributed by atoms with van der Waals surface area (Å²) in [6, 6.07) is 13.5. The van der Waals surface area contributed by atoms with Gasteiger partial charge in [0.05, 0.1) is 12.6 Å². The predicted octanol–water partition coefficient (Wildman–Crippen LogP) is 4.49. The molecule has 4 N–H and O–H groups in total. The minimum absolute atomic E-state index is 0.282. The molecular weight excluding hydrogens is 386 g/mol. The monoisotopic (exact) mass is 411 g/mol. The van der Waals surface area contributed by atoms with E-state index in [9.17, 15) is 5.11 Å². The van der Waals surface area contributed by atoms with E-state index in [0.717, 1.165) is 53.5 Å². The van der Waals surface area contributed by atoms with Crippen molar-refractivity contribution in [3.05, 3.63) is 64.8 Å². The summed E-state index contributed by atoms with van der Waals surface area (Å²) in [6.07, 6.45) is 5.53. The summed E-state index contributed by atoms with van der Waals surface area (Å²) >= 11 is 6.12. The van der Waals surface area contributed by atoms with E-state index in [4.69, 9.17) is 22.1 Å². The first-order chi connectivity index (χ1) is 14.0. The van der Waals surface area contributed by atoms with Crippen LogP contribution in [0.2, 0.25) is 5.02 Å². The van der Waals surface area contributed by atoms with Gasteiger partial charge in [-0.1, -0.05) is 17.7 Å². The zero-order chi connectivity index (χ0) is 20.4. The highest BCUT2D eigenvalue weighted by Gasteiger charge is 2.34. The topological polar surface area (TPSA) is 80.4 Å². The van der Waals surface area contributed by atoms with Crippen molar-refractivity contribution in [2.24, 2.45) is 5.73 Å². The number of nitrogens with two attached hydrogens (primary N) is 1. The predicted molar refractivity (Wildman–Crippen MR) is 116 cm³/mol. The molecule has 0 amide bonds. The molecule has 2 aromatic carbocycles. The Labute approximate surface area is 175 Å². The molecule has 1 saturated carbocycles. The summed E-state index contributed by atoms with van der Waals surface area (Å²) in [5.41, 5.74) is 9.36. The number of nitrogens with zero attached hydrogens (tertiary/aromatic N) is 1. The Kier molecular flexibility index (Phi) is 5.63. The van der Waals surface area contributed by atoms with E-state index in [1.54, 1.807) is 19.2 Å². The SMILES string of the molecule is COc1ccc(O)c(CNC2CCC(N)(c3ccnc4cc(Cl)ccc34)CC2)c1. The number of phenols is 1. The van der Waals surface area contributed by atoms with E-state index < -0.39 is 0 Å². The summed E-state index contributed by atoms with van der Waals surface area (Å²) in [5.74, 6) is 1.03. The molecule has 1 aromatic heterocycles. The van der Waals surface area contributed by atoms with Gasteiger partial charge < -0.3 is 20.9 Å². The molecule has 1 fully saturated rings. The quantitative estimate of drug-likeness (QED) is 0.576. The number of fused-ring (bicyclic) bond motifs is 1. The van der Waals surface area contributed by atoms with Gasteiger partial charge in [0, 0.05) is 40.3 Å². The van der Waals surface area contributed by atoms with Crippen LogP contribution in [0.4, 0.5) is 0 Å². The van der Waals surface area contributed by atoms with Gasteiger partial charge in [-0.3, -0.25) is 4.98 Å². The van der Waals surface area contributed by atoms with Crippen LogP contribution in [0.5, 0.6) is 11.5 Å². The summed E-state index contributed by atoms with van der Waals surface area (Å²) in [7, 11) is 1.63. The molecule has 1 heterocycles. The molecule has 29 heavy (non-hydrogen) atoms. The molecule has 1 aliphatic carbocycles. The smallest absolute Gasteiger partial charge is 0.120 e. The lowest BCUT2D eigenvalue weighted by molar-refractivity contribution is 0.252. The zero-order valence-corrected chi connectivity index (χ0v) is 17.2. The average Bonchev–Trinajstić information content (AvgIpc) is 2.73. The molecule has 4 rings (SSSR count). The second-order valence-corrected chi connectivity index (χ2v) is 8.26. The van der Waals surface area contributed by atoms with E-state index in [1.807, 2.05) is 36.5 Å². The Morgan fingerprint density at radius 1 is 1.21 bits per heavy atom. The first kappa shape index (κ1) is 20.0. The van der Waals surface area contributed by atoms with Crippen LogP contribution in [0.15, 0.2) is 48.7 Å². The van der Waals surface area contributed by atoms with Gasteiger partial charge in [0.1, 0.15) is 11.5 Å². The van der Waals surface area contributed by atoms with Gasteiger partial charge in [0.25, 0.3) is 0 Å². The molecule has 0 radical (unpaired) electrons. The maximum Gasteiger partial charge on any atom is 0.120 e. The minimum Gasteiger partial charge on any atom is -0.508 e. The minimum atomic E-state index is -0.370. The molecule has 0 saturated heterocycles. The third-order valence-electron chi connectivity index (χ3n) is 5.99. The van der Waals surface area contributed by atoms with Crippen molar-refractivity contribution in [3.8, 4) is 11.5 Å². The van der Waals surface area contributed by atoms with Gasteiger partial charge >= 0.3 is 0 Å². The van der Waals surface area contributed by atoms with Gasteiger partial charge in [0.15, 0.2) is 0 Å². The van der Waals surface area contributed by atoms with Crippen molar-refractivity contribution in [3.63, 3.8) is 0 Å². The molecular formula is C23H26ClN3O2. The Morgan fingerprint density at radius 2 is 2.00 bits per heavy atom. The number of benzene rings is 2. The van der Waals surface area contributed by atoms with Gasteiger partial charge in [0.2, 0.25) is 0 Å². The highest BCUT2D eigenvalue weighted by Crippen LogP contribution is 2.38. The van der Waals surface area contributed by atoms with Gasteiger partial charge in [-0.15, -0.1) is 0 Å². The van der Waals surface area contributed by atoms with Crippen LogP contribution in [0.25, 0.3) is 10.9 Å². The third-order valence-corrected chi connectivity index (χ3v) is 6.22. The Morgan fingerprint density at radius 3 is 2.76 bits per heavy atom. The summed E-state index contributed by atoms with van der Waals surface area (Å²) < 4.78 is 5.25. The van der Waals surface area contributed by atoms with Crippen molar-refractivity contribution in [1.29, 1.82) is 0 Å². The lowest BCUT2D eigenvalue weighted by atomic mass is 9.74. The van der Waals surface area contributed by atoms with Crippen molar-refractivity contribution >= 4 is 22.5 Å². The number of hydrogen-bond acceptors (Lipinski definition) is 5. The second kappa shape index (κ2) is 8.19. The number of hydrogen-bond donors (Lipinski definition) is 3. The molecule has 0 aliphatic heterocycles. The van der Waals surface area contributed by atoms with Crippen LogP contribution in [-0.2, 0) is 12.1 Å². The molecule has 0 atom stereocenters. The Bertz CT molecular complexity index is 1020. The zero-order valence-electron chi connectivity index (χ0n) is 16.5. The average molecular weight is 412 g/mol. The normalized spacial score (nSPS) is 22.0. The number of aromatic nitrogens is 1. The number of aromatic hydroxyl groups is 1. The number of halogens is 1. The number of nitrogens with one attached hydrogen (secondary N) is 1. The van der Waals surface area contributed by atoms with Gasteiger partial charge in [-0.05, 0) is 67.6 Å². The molecule has 0 bridgehead atoms. The first-order valence-electron chi connectivity index (χ1n) is 9.91. The van der Waals surface area contributed by atoms with Crippen LogP contribution in [0.1, 0.15) is 36.8 Å². The van der Waals surface area contributed by atoms with Gasteiger partial charge in [-0.25, -0.2) is 0 Å². The molecule has 0 spiro atoms. The maximum absolute atomic E-state index is 10.1. The summed E-state index contributed by atoms with van der Waals surface area (Å²) in [4.78, 5) is 4.44. The van der Waals surface area contributed by atoms with Gasteiger partial charge in [-0.2, -0.15) is 0 Å². The molecule has 0 unspecified atom stereocenters. The second-order valence-electron chi connectivity index (χ2n) is 7.83.